The Balaban J connectivity index is 2.31. The number of carbonyl (C=O) groups is 2. The third-order valence-electron chi connectivity index (χ3n) is 3.81. The van der Waals surface area contributed by atoms with Crippen LogP contribution in [0.2, 0.25) is 0 Å². The lowest BCUT2D eigenvalue weighted by Gasteiger charge is -2.18. The molecule has 0 bridgehead atoms. The first kappa shape index (κ1) is 19.8. The highest BCUT2D eigenvalue weighted by atomic mass is 19.1. The minimum absolute atomic E-state index is 0.141. The van der Waals surface area contributed by atoms with Crippen LogP contribution in [-0.2, 0) is 16.0 Å². The first-order valence-corrected chi connectivity index (χ1v) is 7.82. The summed E-state index contributed by atoms with van der Waals surface area (Å²) < 4.78 is 23.6. The van der Waals surface area contributed by atoms with Crippen LogP contribution < -0.4 is 10.1 Å². The molecule has 1 amide bonds. The van der Waals surface area contributed by atoms with Crippen molar-refractivity contribution in [1.29, 1.82) is 0 Å². The van der Waals surface area contributed by atoms with Crippen molar-refractivity contribution in [3.05, 3.63) is 69.5 Å². The summed E-state index contributed by atoms with van der Waals surface area (Å²) in [5.41, 5.74) is -0.122. The second kappa shape index (κ2) is 8.75. The number of ether oxygens (including phenoxy) is 2. The molecule has 2 aromatic rings. The predicted molar refractivity (Wildman–Crippen MR) is 93.0 cm³/mol. The van der Waals surface area contributed by atoms with Crippen molar-refractivity contribution in [2.24, 2.45) is 0 Å². The minimum atomic E-state index is -1.20. The van der Waals surface area contributed by atoms with Gasteiger partial charge in [-0.1, -0.05) is 12.1 Å². The minimum Gasteiger partial charge on any atom is -0.496 e. The number of nitrogens with one attached hydrogen (secondary N) is 1. The molecule has 0 aliphatic heterocycles. The van der Waals surface area contributed by atoms with Crippen molar-refractivity contribution in [2.45, 2.75) is 12.5 Å². The Bertz CT molecular complexity index is 871. The molecule has 0 spiro atoms. The summed E-state index contributed by atoms with van der Waals surface area (Å²) in [7, 11) is 2.50. The van der Waals surface area contributed by atoms with Crippen LogP contribution in [0, 0.1) is 15.9 Å². The van der Waals surface area contributed by atoms with Crippen LogP contribution in [0.15, 0.2) is 42.5 Å². The van der Waals surface area contributed by atoms with Gasteiger partial charge in [0.15, 0.2) is 0 Å². The number of esters is 1. The summed E-state index contributed by atoms with van der Waals surface area (Å²) in [6.45, 7) is 0. The number of hydrogen-bond donors (Lipinski definition) is 1. The molecular weight excluding hydrogens is 359 g/mol. The second-order valence-electron chi connectivity index (χ2n) is 5.49. The summed E-state index contributed by atoms with van der Waals surface area (Å²) in [6.07, 6.45) is -0.141. The number of carbonyl (C=O) groups excluding carboxylic acids is 2. The highest BCUT2D eigenvalue weighted by Gasteiger charge is 2.26. The number of non-ortho nitro benzene ring substituents is 1. The van der Waals surface area contributed by atoms with Gasteiger partial charge in [-0.15, -0.1) is 0 Å². The van der Waals surface area contributed by atoms with Gasteiger partial charge in [0.1, 0.15) is 17.6 Å². The number of nitrogens with zero attached hydrogens (tertiary/aromatic N) is 1. The molecule has 8 nitrogen and oxygen atoms in total. The van der Waals surface area contributed by atoms with E-state index in [0.717, 1.165) is 13.2 Å². The van der Waals surface area contributed by atoms with E-state index in [9.17, 15) is 24.1 Å². The second-order valence-corrected chi connectivity index (χ2v) is 5.49. The van der Waals surface area contributed by atoms with Crippen LogP contribution in [0.25, 0.3) is 0 Å². The number of rotatable bonds is 7. The molecule has 0 aliphatic rings. The molecule has 0 fully saturated rings. The van der Waals surface area contributed by atoms with Gasteiger partial charge in [-0.2, -0.15) is 0 Å². The van der Waals surface area contributed by atoms with Crippen molar-refractivity contribution >= 4 is 17.6 Å². The topological polar surface area (TPSA) is 108 Å². The lowest BCUT2D eigenvalue weighted by atomic mass is 10.0. The monoisotopic (exact) mass is 376 g/mol. The fourth-order valence-corrected chi connectivity index (χ4v) is 2.47. The van der Waals surface area contributed by atoms with Crippen molar-refractivity contribution < 1.29 is 28.4 Å². The van der Waals surface area contributed by atoms with Crippen LogP contribution in [0.4, 0.5) is 10.1 Å². The number of hydrogen-bond acceptors (Lipinski definition) is 6. The van der Waals surface area contributed by atoms with Gasteiger partial charge in [0.05, 0.1) is 24.7 Å². The van der Waals surface area contributed by atoms with E-state index in [-0.39, 0.29) is 17.7 Å². The number of nitro groups is 1. The third kappa shape index (κ3) is 4.78. The number of methoxy groups -OCH3 is 2. The molecule has 142 valence electrons. The summed E-state index contributed by atoms with van der Waals surface area (Å²) in [4.78, 5) is 34.8. The molecule has 0 unspecified atom stereocenters. The molecule has 0 radical (unpaired) electrons. The number of halogens is 1. The highest BCUT2D eigenvalue weighted by molar-refractivity contribution is 5.97. The van der Waals surface area contributed by atoms with Gasteiger partial charge in [0.2, 0.25) is 0 Å². The van der Waals surface area contributed by atoms with Crippen LogP contribution in [0.1, 0.15) is 15.9 Å². The van der Waals surface area contributed by atoms with Crippen LogP contribution in [-0.4, -0.2) is 37.1 Å². The predicted octanol–water partition coefficient (Wildman–Crippen LogP) is 2.26. The Hall–Kier alpha value is -3.49. The van der Waals surface area contributed by atoms with Gasteiger partial charge in [-0.3, -0.25) is 14.9 Å². The Morgan fingerprint density at radius 1 is 1.22 bits per heavy atom. The fourth-order valence-electron chi connectivity index (χ4n) is 2.47. The van der Waals surface area contributed by atoms with Gasteiger partial charge in [0.25, 0.3) is 11.6 Å². The average Bonchev–Trinajstić information content (AvgIpc) is 2.66. The van der Waals surface area contributed by atoms with E-state index in [1.54, 1.807) is 0 Å². The van der Waals surface area contributed by atoms with Gasteiger partial charge >= 0.3 is 5.97 Å². The third-order valence-corrected chi connectivity index (χ3v) is 3.81. The molecule has 0 aliphatic carbocycles. The lowest BCUT2D eigenvalue weighted by Crippen LogP contribution is -2.43. The largest absolute Gasteiger partial charge is 0.496 e. The molecule has 0 saturated carbocycles. The maximum Gasteiger partial charge on any atom is 0.328 e. The van der Waals surface area contributed by atoms with Gasteiger partial charge in [0, 0.05) is 24.1 Å². The molecule has 0 aromatic heterocycles. The molecule has 1 N–H and O–H groups in total. The number of benzene rings is 2. The Morgan fingerprint density at radius 2 is 1.93 bits per heavy atom. The van der Waals surface area contributed by atoms with Gasteiger partial charge in [-0.05, 0) is 18.2 Å². The average molecular weight is 376 g/mol. The first-order valence-electron chi connectivity index (χ1n) is 7.82. The zero-order chi connectivity index (χ0) is 20.0. The Kier molecular flexibility index (Phi) is 6.42. The quantitative estimate of drug-likeness (QED) is 0.451. The van der Waals surface area contributed by atoms with Crippen molar-refractivity contribution in [2.75, 3.05) is 14.2 Å². The van der Waals surface area contributed by atoms with Gasteiger partial charge < -0.3 is 14.8 Å². The van der Waals surface area contributed by atoms with Crippen LogP contribution in [0.3, 0.4) is 0 Å². The summed E-state index contributed by atoms with van der Waals surface area (Å²) in [5, 5.41) is 13.4. The fraction of sp³-hybridized carbons (Fsp3) is 0.222. The van der Waals surface area contributed by atoms with Crippen LogP contribution in [0.5, 0.6) is 5.75 Å². The molecule has 0 heterocycles. The Labute approximate surface area is 154 Å². The zero-order valence-electron chi connectivity index (χ0n) is 14.6. The summed E-state index contributed by atoms with van der Waals surface area (Å²) in [6, 6.07) is 7.99. The first-order chi connectivity index (χ1) is 12.9. The lowest BCUT2D eigenvalue weighted by molar-refractivity contribution is -0.384. The smallest absolute Gasteiger partial charge is 0.328 e. The van der Waals surface area contributed by atoms with E-state index < -0.39 is 28.7 Å². The molecule has 2 rings (SSSR count). The molecule has 9 heteroatoms. The molecular formula is C18H17FN2O6. The SMILES string of the molecule is COC(=O)[C@H](Cc1cc([N+](=O)[O-])ccc1OC)NC(=O)c1ccccc1F. The highest BCUT2D eigenvalue weighted by Crippen LogP contribution is 2.25. The maximum absolute atomic E-state index is 13.8. The van der Waals surface area contributed by atoms with E-state index in [2.05, 4.69) is 10.1 Å². The summed E-state index contributed by atoms with van der Waals surface area (Å²) in [5.74, 6) is -2.04. The van der Waals surface area contributed by atoms with E-state index >= 15 is 0 Å². The molecule has 2 aromatic carbocycles. The number of nitro benzene ring substituents is 1. The van der Waals surface area contributed by atoms with Gasteiger partial charge in [-0.25, -0.2) is 9.18 Å². The summed E-state index contributed by atoms with van der Waals surface area (Å²) >= 11 is 0. The molecule has 27 heavy (non-hydrogen) atoms. The van der Waals surface area contributed by atoms with Crippen LogP contribution >= 0.6 is 0 Å². The van der Waals surface area contributed by atoms with E-state index in [4.69, 9.17) is 4.74 Å². The molecule has 1 atom stereocenters. The zero-order valence-corrected chi connectivity index (χ0v) is 14.6. The van der Waals surface area contributed by atoms with E-state index in [1.165, 1.54) is 43.5 Å². The maximum atomic E-state index is 13.8. The number of amides is 1. The standard InChI is InChI=1S/C18H17FN2O6/c1-26-16-8-7-12(21(24)25)9-11(16)10-15(18(23)27-2)20-17(22)13-5-3-4-6-14(13)19/h3-9,15H,10H2,1-2H3,(H,20,22)/t15-/m0/s1. The van der Waals surface area contributed by atoms with E-state index in [0.29, 0.717) is 11.3 Å². The van der Waals surface area contributed by atoms with Crippen molar-refractivity contribution in [3.63, 3.8) is 0 Å². The normalized spacial score (nSPS) is 11.4. The van der Waals surface area contributed by atoms with Crippen molar-refractivity contribution in [1.82, 2.24) is 5.32 Å². The van der Waals surface area contributed by atoms with Crippen molar-refractivity contribution in [3.8, 4) is 5.75 Å². The van der Waals surface area contributed by atoms with E-state index in [1.807, 2.05) is 0 Å². The Morgan fingerprint density at radius 3 is 2.52 bits per heavy atom. The molecule has 0 saturated heterocycles.